The number of pyridine rings is 1. The lowest BCUT2D eigenvalue weighted by Gasteiger charge is -2.30. The zero-order valence-electron chi connectivity index (χ0n) is 34.8. The number of nitrogens with zero attached hydrogens (tertiary/aromatic N) is 2. The highest BCUT2D eigenvalue weighted by Crippen LogP contribution is 2.29. The number of anilines is 1. The standard InChI is InChI=1S/C41H63N5O9S/c1-28-23-32(54-22-13-18-34(47)42-20-14-19-40(3,4)5)24-29(2)36(28)56(51,52)45-33(38(49)53-9)27-43-35(48)17-11-10-15-30-25-31-16-12-21-46(37(31)44-26-30)39(50)55-41(6,7)8/h23-26,33,45H,10-22,27H2,1-9H3,(H,42,47)(H,43,48)/t33-/m0/s1. The van der Waals surface area contributed by atoms with E-state index in [4.69, 9.17) is 14.2 Å². The van der Waals surface area contributed by atoms with E-state index in [0.717, 1.165) is 43.9 Å². The molecule has 0 saturated heterocycles. The molecule has 1 aromatic carbocycles. The molecule has 3 amide bonds. The van der Waals surface area contributed by atoms with Gasteiger partial charge in [0.15, 0.2) is 0 Å². The van der Waals surface area contributed by atoms with Crippen molar-refractivity contribution >= 4 is 39.7 Å². The summed E-state index contributed by atoms with van der Waals surface area (Å²) >= 11 is 0. The van der Waals surface area contributed by atoms with Crippen LogP contribution in [0.3, 0.4) is 0 Å². The molecule has 2 heterocycles. The number of aryl methyl sites for hydroxylation is 4. The number of carbonyl (C=O) groups is 4. The Morgan fingerprint density at radius 1 is 0.911 bits per heavy atom. The molecule has 0 aliphatic carbocycles. The minimum absolute atomic E-state index is 0.00562. The summed E-state index contributed by atoms with van der Waals surface area (Å²) in [5.41, 5.74) is 2.43. The molecule has 312 valence electrons. The Morgan fingerprint density at radius 2 is 1.57 bits per heavy atom. The smallest absolute Gasteiger partial charge is 0.416 e. The van der Waals surface area contributed by atoms with Crippen molar-refractivity contribution in [2.24, 2.45) is 5.41 Å². The van der Waals surface area contributed by atoms with E-state index >= 15 is 0 Å². The van der Waals surface area contributed by atoms with Gasteiger partial charge in [-0.15, -0.1) is 0 Å². The normalized spacial score (nSPS) is 13.7. The van der Waals surface area contributed by atoms with Gasteiger partial charge in [-0.3, -0.25) is 19.3 Å². The molecule has 0 spiro atoms. The number of carbonyl (C=O) groups excluding carboxylic acids is 4. The fourth-order valence-electron chi connectivity index (χ4n) is 6.40. The number of nitrogens with one attached hydrogen (secondary N) is 3. The van der Waals surface area contributed by atoms with Gasteiger partial charge in [-0.25, -0.2) is 18.2 Å². The molecule has 3 N–H and O–H groups in total. The number of amides is 3. The van der Waals surface area contributed by atoms with Gasteiger partial charge in [-0.1, -0.05) is 26.8 Å². The quantitative estimate of drug-likeness (QED) is 0.115. The molecular weight excluding hydrogens is 739 g/mol. The maximum atomic E-state index is 13.6. The molecule has 0 saturated carbocycles. The minimum Gasteiger partial charge on any atom is -0.494 e. The van der Waals surface area contributed by atoms with Crippen molar-refractivity contribution in [3.05, 3.63) is 46.6 Å². The second-order valence-corrected chi connectivity index (χ2v) is 18.3. The number of esters is 1. The predicted octanol–water partition coefficient (Wildman–Crippen LogP) is 5.84. The maximum absolute atomic E-state index is 13.6. The Balaban J connectivity index is 1.47. The molecule has 1 atom stereocenters. The fourth-order valence-corrected chi connectivity index (χ4v) is 8.04. The molecule has 2 aromatic rings. The number of benzene rings is 1. The molecule has 1 aromatic heterocycles. The van der Waals surface area contributed by atoms with Gasteiger partial charge in [0.2, 0.25) is 21.8 Å². The van der Waals surface area contributed by atoms with E-state index in [1.165, 1.54) is 0 Å². The minimum atomic E-state index is -4.22. The first-order valence-electron chi connectivity index (χ1n) is 19.5. The summed E-state index contributed by atoms with van der Waals surface area (Å²) in [6.07, 6.45) is 7.82. The number of rotatable bonds is 19. The molecule has 14 nitrogen and oxygen atoms in total. The molecular formula is C41H63N5O9S. The maximum Gasteiger partial charge on any atom is 0.416 e. The van der Waals surface area contributed by atoms with Crippen molar-refractivity contribution in [1.82, 2.24) is 20.3 Å². The molecule has 0 radical (unpaired) electrons. The lowest BCUT2D eigenvalue weighted by Crippen LogP contribution is -2.49. The van der Waals surface area contributed by atoms with Crippen molar-refractivity contribution in [3.63, 3.8) is 0 Å². The SMILES string of the molecule is COC(=O)[C@H](CNC(=O)CCCCc1cnc2c(c1)CCCN2C(=O)OC(C)(C)C)NS(=O)(=O)c1c(C)cc(OCCCC(=O)NCCCC(C)(C)C)cc1C. The second-order valence-electron chi connectivity index (χ2n) is 16.6. The second kappa shape index (κ2) is 20.8. The summed E-state index contributed by atoms with van der Waals surface area (Å²) in [5, 5.41) is 5.59. The Kier molecular flexibility index (Phi) is 17.1. The van der Waals surface area contributed by atoms with Crippen LogP contribution in [0.4, 0.5) is 10.6 Å². The predicted molar refractivity (Wildman–Crippen MR) is 215 cm³/mol. The zero-order chi connectivity index (χ0) is 41.7. The van der Waals surface area contributed by atoms with Gasteiger partial charge in [0.1, 0.15) is 23.2 Å². The van der Waals surface area contributed by atoms with Crippen LogP contribution in [0, 0.1) is 19.3 Å². The van der Waals surface area contributed by atoms with Crippen LogP contribution in [-0.2, 0) is 46.7 Å². The number of ether oxygens (including phenoxy) is 3. The molecule has 0 bridgehead atoms. The fraction of sp³-hybridized carbons (Fsp3) is 0.634. The van der Waals surface area contributed by atoms with Crippen molar-refractivity contribution < 1.29 is 41.8 Å². The van der Waals surface area contributed by atoms with Crippen molar-refractivity contribution in [1.29, 1.82) is 0 Å². The van der Waals surface area contributed by atoms with Crippen LogP contribution >= 0.6 is 0 Å². The van der Waals surface area contributed by atoms with Crippen molar-refractivity contribution in [3.8, 4) is 5.75 Å². The Labute approximate surface area is 333 Å². The first-order chi connectivity index (χ1) is 26.2. The number of hydrogen-bond donors (Lipinski definition) is 3. The van der Waals surface area contributed by atoms with E-state index in [9.17, 15) is 27.6 Å². The first kappa shape index (κ1) is 46.1. The van der Waals surface area contributed by atoms with Crippen molar-refractivity contribution in [2.45, 2.75) is 136 Å². The first-order valence-corrected chi connectivity index (χ1v) is 21.0. The summed E-state index contributed by atoms with van der Waals surface area (Å²) in [6, 6.07) is 3.89. The summed E-state index contributed by atoms with van der Waals surface area (Å²) in [5.74, 6) is -0.121. The number of methoxy groups -OCH3 is 1. The van der Waals surface area contributed by atoms with Crippen LogP contribution in [-0.4, -0.2) is 82.3 Å². The van der Waals surface area contributed by atoms with E-state index in [1.807, 2.05) is 20.8 Å². The average molecular weight is 802 g/mol. The highest BCUT2D eigenvalue weighted by Gasteiger charge is 2.30. The number of aromatic nitrogens is 1. The number of fused-ring (bicyclic) bond motifs is 1. The number of hydrogen-bond acceptors (Lipinski definition) is 10. The van der Waals surface area contributed by atoms with Crippen LogP contribution in [0.25, 0.3) is 0 Å². The summed E-state index contributed by atoms with van der Waals surface area (Å²) in [6.45, 7) is 16.4. The lowest BCUT2D eigenvalue weighted by atomic mass is 9.91. The molecule has 1 aliphatic heterocycles. The van der Waals surface area contributed by atoms with E-state index in [0.29, 0.717) is 67.9 Å². The van der Waals surface area contributed by atoms with Crippen molar-refractivity contribution in [2.75, 3.05) is 38.3 Å². The number of unbranched alkanes of at least 4 members (excludes halogenated alkanes) is 1. The van der Waals surface area contributed by atoms with Gasteiger partial charge in [-0.05, 0) is 126 Å². The average Bonchev–Trinajstić information content (AvgIpc) is 3.10. The van der Waals surface area contributed by atoms with Crippen LogP contribution in [0.1, 0.15) is 115 Å². The summed E-state index contributed by atoms with van der Waals surface area (Å²) in [7, 11) is -3.07. The lowest BCUT2D eigenvalue weighted by molar-refractivity contribution is -0.142. The highest BCUT2D eigenvalue weighted by molar-refractivity contribution is 7.89. The Morgan fingerprint density at radius 3 is 2.21 bits per heavy atom. The van der Waals surface area contributed by atoms with Gasteiger partial charge in [-0.2, -0.15) is 4.72 Å². The zero-order valence-corrected chi connectivity index (χ0v) is 35.6. The van der Waals surface area contributed by atoms with E-state index in [-0.39, 0.29) is 41.7 Å². The third-order valence-corrected chi connectivity index (χ3v) is 10.8. The third-order valence-electron chi connectivity index (χ3n) is 9.05. The molecule has 0 unspecified atom stereocenters. The molecule has 0 fully saturated rings. The van der Waals surface area contributed by atoms with E-state index < -0.39 is 33.7 Å². The molecule has 3 rings (SSSR count). The number of sulfonamides is 1. The summed E-state index contributed by atoms with van der Waals surface area (Å²) < 4.78 is 45.7. The van der Waals surface area contributed by atoms with Gasteiger partial charge in [0.25, 0.3) is 0 Å². The van der Waals surface area contributed by atoms with Crippen LogP contribution in [0.2, 0.25) is 0 Å². The third kappa shape index (κ3) is 15.4. The van der Waals surface area contributed by atoms with Gasteiger partial charge in [0.05, 0.1) is 18.6 Å². The molecule has 56 heavy (non-hydrogen) atoms. The van der Waals surface area contributed by atoms with E-state index in [1.54, 1.807) is 37.1 Å². The Bertz CT molecular complexity index is 1760. The van der Waals surface area contributed by atoms with Gasteiger partial charge < -0.3 is 24.8 Å². The topological polar surface area (TPSA) is 182 Å². The largest absolute Gasteiger partial charge is 0.494 e. The van der Waals surface area contributed by atoms with Gasteiger partial charge >= 0.3 is 12.1 Å². The van der Waals surface area contributed by atoms with Gasteiger partial charge in [0, 0.05) is 38.7 Å². The summed E-state index contributed by atoms with van der Waals surface area (Å²) in [4.78, 5) is 56.4. The van der Waals surface area contributed by atoms with Crippen LogP contribution in [0.5, 0.6) is 5.75 Å². The monoisotopic (exact) mass is 801 g/mol. The van der Waals surface area contributed by atoms with Crippen LogP contribution < -0.4 is 25.0 Å². The van der Waals surface area contributed by atoms with E-state index in [2.05, 4.69) is 47.2 Å². The molecule has 15 heteroatoms. The molecule has 1 aliphatic rings. The van der Waals surface area contributed by atoms with Crippen LogP contribution in [0.15, 0.2) is 29.3 Å². The highest BCUT2D eigenvalue weighted by atomic mass is 32.2. The Hall–Kier alpha value is -4.24.